The van der Waals surface area contributed by atoms with Crippen molar-refractivity contribution in [3.8, 4) is 11.5 Å². The Morgan fingerprint density at radius 3 is 2.68 bits per heavy atom. The molecular formula is C16H18N2O3S. The van der Waals surface area contributed by atoms with Gasteiger partial charge in [0.25, 0.3) is 0 Å². The second-order valence-electron chi connectivity index (χ2n) is 4.63. The van der Waals surface area contributed by atoms with Gasteiger partial charge in [-0.15, -0.1) is 11.3 Å². The number of hydrogen-bond acceptors (Lipinski definition) is 5. The Kier molecular flexibility index (Phi) is 5.55. The minimum absolute atomic E-state index is 0.183. The topological polar surface area (TPSA) is 59.9 Å². The summed E-state index contributed by atoms with van der Waals surface area (Å²) in [5.41, 5.74) is 4.50. The molecule has 0 unspecified atom stereocenters. The summed E-state index contributed by atoms with van der Waals surface area (Å²) in [6.45, 7) is 2.00. The first-order valence-electron chi connectivity index (χ1n) is 6.71. The number of hydrogen-bond donors (Lipinski definition) is 1. The smallest absolute Gasteiger partial charge is 0.244 e. The third-order valence-electron chi connectivity index (χ3n) is 3.09. The van der Waals surface area contributed by atoms with Gasteiger partial charge in [-0.2, -0.15) is 5.10 Å². The maximum atomic E-state index is 11.9. The van der Waals surface area contributed by atoms with Crippen LogP contribution in [0.4, 0.5) is 0 Å². The van der Waals surface area contributed by atoms with Crippen LogP contribution in [0.2, 0.25) is 0 Å². The number of hydrazone groups is 1. The van der Waals surface area contributed by atoms with Crippen LogP contribution < -0.4 is 14.9 Å². The molecule has 6 heteroatoms. The number of nitrogens with zero attached hydrogens (tertiary/aromatic N) is 1. The van der Waals surface area contributed by atoms with Crippen LogP contribution in [0.3, 0.4) is 0 Å². The number of carbonyl (C=O) groups excluding carboxylic acids is 1. The largest absolute Gasteiger partial charge is 0.493 e. The van der Waals surface area contributed by atoms with E-state index in [1.54, 1.807) is 43.9 Å². The summed E-state index contributed by atoms with van der Waals surface area (Å²) in [5.74, 6) is 1.06. The van der Waals surface area contributed by atoms with E-state index in [-0.39, 0.29) is 12.3 Å². The zero-order chi connectivity index (χ0) is 15.9. The van der Waals surface area contributed by atoms with E-state index >= 15 is 0 Å². The number of thiophene rings is 1. The number of methoxy groups -OCH3 is 2. The van der Waals surface area contributed by atoms with Gasteiger partial charge in [0.1, 0.15) is 0 Å². The second kappa shape index (κ2) is 7.61. The highest BCUT2D eigenvalue weighted by Crippen LogP contribution is 2.27. The molecule has 2 aromatic rings. The average molecular weight is 318 g/mol. The lowest BCUT2D eigenvalue weighted by Crippen LogP contribution is -2.19. The number of carbonyl (C=O) groups is 1. The molecule has 5 nitrogen and oxygen atoms in total. The number of benzene rings is 1. The standard InChI is InChI=1S/C16H18N2O3S/c1-11-6-7-22-15(11)10-17-18-16(19)9-12-4-5-13(20-2)14(8-12)21-3/h4-8,10H,9H2,1-3H3,(H,18,19). The molecule has 0 fully saturated rings. The maximum absolute atomic E-state index is 11.9. The van der Waals surface area contributed by atoms with Crippen molar-refractivity contribution in [1.82, 2.24) is 5.43 Å². The zero-order valence-corrected chi connectivity index (χ0v) is 13.6. The molecule has 0 bridgehead atoms. The molecule has 0 aliphatic rings. The van der Waals surface area contributed by atoms with Crippen molar-refractivity contribution in [2.75, 3.05) is 14.2 Å². The molecule has 0 atom stereocenters. The number of rotatable bonds is 6. The molecule has 0 aliphatic carbocycles. The molecule has 116 valence electrons. The quantitative estimate of drug-likeness (QED) is 0.658. The van der Waals surface area contributed by atoms with Crippen LogP contribution >= 0.6 is 11.3 Å². The van der Waals surface area contributed by atoms with Crippen LogP contribution in [-0.2, 0) is 11.2 Å². The number of amides is 1. The van der Waals surface area contributed by atoms with Crippen LogP contribution in [-0.4, -0.2) is 26.3 Å². The summed E-state index contributed by atoms with van der Waals surface area (Å²) in [7, 11) is 3.14. The van der Waals surface area contributed by atoms with E-state index < -0.39 is 0 Å². The minimum Gasteiger partial charge on any atom is -0.493 e. The van der Waals surface area contributed by atoms with Gasteiger partial charge in [-0.05, 0) is 41.6 Å². The van der Waals surface area contributed by atoms with Crippen molar-refractivity contribution >= 4 is 23.5 Å². The molecule has 0 saturated carbocycles. The van der Waals surface area contributed by atoms with E-state index in [4.69, 9.17) is 9.47 Å². The van der Waals surface area contributed by atoms with Crippen molar-refractivity contribution in [2.45, 2.75) is 13.3 Å². The van der Waals surface area contributed by atoms with Crippen molar-refractivity contribution in [3.63, 3.8) is 0 Å². The van der Waals surface area contributed by atoms with Crippen LogP contribution in [0.1, 0.15) is 16.0 Å². The monoisotopic (exact) mass is 318 g/mol. The van der Waals surface area contributed by atoms with Crippen molar-refractivity contribution in [3.05, 3.63) is 45.6 Å². The molecule has 22 heavy (non-hydrogen) atoms. The van der Waals surface area contributed by atoms with Crippen molar-refractivity contribution in [1.29, 1.82) is 0 Å². The van der Waals surface area contributed by atoms with Gasteiger partial charge in [0.15, 0.2) is 11.5 Å². The fourth-order valence-electron chi connectivity index (χ4n) is 1.90. The molecule has 0 radical (unpaired) electrons. The van der Waals surface area contributed by atoms with E-state index in [1.807, 2.05) is 24.4 Å². The summed E-state index contributed by atoms with van der Waals surface area (Å²) < 4.78 is 10.4. The van der Waals surface area contributed by atoms with Gasteiger partial charge in [-0.25, -0.2) is 5.43 Å². The SMILES string of the molecule is COc1ccc(CC(=O)NN=Cc2sccc2C)cc1OC. The Balaban J connectivity index is 1.94. The van der Waals surface area contributed by atoms with Gasteiger partial charge < -0.3 is 9.47 Å². The molecule has 1 aromatic carbocycles. The summed E-state index contributed by atoms with van der Waals surface area (Å²) in [6, 6.07) is 7.40. The predicted octanol–water partition coefficient (Wildman–Crippen LogP) is 2.77. The fraction of sp³-hybridized carbons (Fsp3) is 0.250. The van der Waals surface area contributed by atoms with E-state index in [2.05, 4.69) is 10.5 Å². The lowest BCUT2D eigenvalue weighted by atomic mass is 10.1. The fourth-order valence-corrected chi connectivity index (χ4v) is 2.68. The Labute approximate surface area is 133 Å². The minimum atomic E-state index is -0.183. The molecule has 1 N–H and O–H groups in total. The van der Waals surface area contributed by atoms with Crippen molar-refractivity contribution < 1.29 is 14.3 Å². The summed E-state index contributed by atoms with van der Waals surface area (Å²) >= 11 is 1.58. The molecule has 1 aromatic heterocycles. The van der Waals surface area contributed by atoms with Gasteiger partial charge in [-0.1, -0.05) is 6.07 Å². The number of aryl methyl sites for hydroxylation is 1. The van der Waals surface area contributed by atoms with Crippen LogP contribution in [0.25, 0.3) is 0 Å². The van der Waals surface area contributed by atoms with Gasteiger partial charge in [0.05, 0.1) is 26.9 Å². The summed E-state index contributed by atoms with van der Waals surface area (Å²) in [4.78, 5) is 12.9. The van der Waals surface area contributed by atoms with Gasteiger partial charge in [0.2, 0.25) is 5.91 Å². The Hall–Kier alpha value is -2.34. The lowest BCUT2D eigenvalue weighted by molar-refractivity contribution is -0.120. The van der Waals surface area contributed by atoms with Gasteiger partial charge in [-0.3, -0.25) is 4.79 Å². The Morgan fingerprint density at radius 1 is 1.27 bits per heavy atom. The van der Waals surface area contributed by atoms with E-state index in [1.165, 1.54) is 0 Å². The molecule has 1 amide bonds. The Bertz CT molecular complexity index is 680. The normalized spacial score (nSPS) is 10.7. The highest BCUT2D eigenvalue weighted by atomic mass is 32.1. The first-order chi connectivity index (χ1) is 10.6. The number of ether oxygens (including phenoxy) is 2. The number of nitrogens with one attached hydrogen (secondary N) is 1. The summed E-state index contributed by atoms with van der Waals surface area (Å²) in [5, 5.41) is 5.97. The van der Waals surface area contributed by atoms with Crippen molar-refractivity contribution in [2.24, 2.45) is 5.10 Å². The van der Waals surface area contributed by atoms with E-state index in [9.17, 15) is 4.79 Å². The highest BCUT2D eigenvalue weighted by molar-refractivity contribution is 7.11. The maximum Gasteiger partial charge on any atom is 0.244 e. The molecule has 0 saturated heterocycles. The van der Waals surface area contributed by atoms with Crippen LogP contribution in [0.15, 0.2) is 34.7 Å². The van der Waals surface area contributed by atoms with E-state index in [0.717, 1.165) is 16.0 Å². The summed E-state index contributed by atoms with van der Waals surface area (Å²) in [6.07, 6.45) is 1.88. The Morgan fingerprint density at radius 2 is 2.05 bits per heavy atom. The molecule has 1 heterocycles. The molecule has 2 rings (SSSR count). The van der Waals surface area contributed by atoms with Gasteiger partial charge >= 0.3 is 0 Å². The lowest BCUT2D eigenvalue weighted by Gasteiger charge is -2.09. The zero-order valence-electron chi connectivity index (χ0n) is 12.8. The first-order valence-corrected chi connectivity index (χ1v) is 7.59. The van der Waals surface area contributed by atoms with Crippen LogP contribution in [0.5, 0.6) is 11.5 Å². The second-order valence-corrected chi connectivity index (χ2v) is 5.57. The third-order valence-corrected chi connectivity index (χ3v) is 4.04. The first kappa shape index (κ1) is 16.0. The molecular weight excluding hydrogens is 300 g/mol. The van der Waals surface area contributed by atoms with Gasteiger partial charge in [0, 0.05) is 4.88 Å². The average Bonchev–Trinajstić information content (AvgIpc) is 2.92. The molecule has 0 spiro atoms. The predicted molar refractivity (Wildman–Crippen MR) is 88.0 cm³/mol. The molecule has 0 aliphatic heterocycles. The highest BCUT2D eigenvalue weighted by Gasteiger charge is 2.07. The van der Waals surface area contributed by atoms with Crippen LogP contribution in [0, 0.1) is 6.92 Å². The van der Waals surface area contributed by atoms with E-state index in [0.29, 0.717) is 11.5 Å². The third kappa shape index (κ3) is 4.08.